The summed E-state index contributed by atoms with van der Waals surface area (Å²) in [5.74, 6) is 1.20. The van der Waals surface area contributed by atoms with Crippen LogP contribution in [0.2, 0.25) is 0 Å². The molecular weight excluding hydrogens is 342 g/mol. The van der Waals surface area contributed by atoms with Gasteiger partial charge in [-0.05, 0) is 35.7 Å². The van der Waals surface area contributed by atoms with Gasteiger partial charge in [0.1, 0.15) is 23.6 Å². The van der Waals surface area contributed by atoms with Crippen molar-refractivity contribution in [3.05, 3.63) is 78.0 Å². The minimum atomic E-state index is -0.251. The number of nitrogens with one attached hydrogen (secondary N) is 2. The Morgan fingerprint density at radius 3 is 2.70 bits per heavy atom. The monoisotopic (exact) mass is 363 g/mol. The van der Waals surface area contributed by atoms with Crippen molar-refractivity contribution in [2.24, 2.45) is 0 Å². The molecule has 0 atom stereocenters. The van der Waals surface area contributed by atoms with Crippen LogP contribution in [0, 0.1) is 0 Å². The third-order valence-corrected chi connectivity index (χ3v) is 3.95. The van der Waals surface area contributed by atoms with Gasteiger partial charge < -0.3 is 15.4 Å². The summed E-state index contributed by atoms with van der Waals surface area (Å²) in [4.78, 5) is 24.5. The van der Waals surface area contributed by atoms with E-state index in [-0.39, 0.29) is 5.91 Å². The molecule has 0 aliphatic carbocycles. The molecule has 0 bridgehead atoms. The molecule has 0 radical (unpaired) electrons. The number of nitrogens with zero attached hydrogens (tertiary/aromatic N) is 3. The Morgan fingerprint density at radius 2 is 1.96 bits per heavy atom. The van der Waals surface area contributed by atoms with E-state index in [1.165, 1.54) is 11.9 Å². The maximum Gasteiger partial charge on any atom is 0.270 e. The SMILES string of the molecule is COc1ccc(CCNc2cc(C(=O)NCc3cccnc3)ncn2)cc1. The second-order valence-corrected chi connectivity index (χ2v) is 5.86. The zero-order valence-electron chi connectivity index (χ0n) is 15.1. The van der Waals surface area contributed by atoms with Gasteiger partial charge in [-0.1, -0.05) is 18.2 Å². The van der Waals surface area contributed by atoms with Crippen molar-refractivity contribution in [3.63, 3.8) is 0 Å². The van der Waals surface area contributed by atoms with Crippen molar-refractivity contribution in [2.75, 3.05) is 19.0 Å². The van der Waals surface area contributed by atoms with E-state index in [0.29, 0.717) is 24.6 Å². The number of aromatic nitrogens is 3. The highest BCUT2D eigenvalue weighted by molar-refractivity contribution is 5.92. The first-order valence-electron chi connectivity index (χ1n) is 8.60. The first kappa shape index (κ1) is 18.3. The topological polar surface area (TPSA) is 89.0 Å². The van der Waals surface area contributed by atoms with Gasteiger partial charge in [0.25, 0.3) is 5.91 Å². The quantitative estimate of drug-likeness (QED) is 0.639. The normalized spacial score (nSPS) is 10.3. The maximum absolute atomic E-state index is 12.3. The van der Waals surface area contributed by atoms with E-state index in [1.54, 1.807) is 25.6 Å². The molecule has 1 amide bonds. The van der Waals surface area contributed by atoms with Gasteiger partial charge in [0.15, 0.2) is 0 Å². The van der Waals surface area contributed by atoms with Gasteiger partial charge in [-0.15, -0.1) is 0 Å². The number of rotatable bonds is 8. The van der Waals surface area contributed by atoms with Crippen molar-refractivity contribution in [1.82, 2.24) is 20.3 Å². The van der Waals surface area contributed by atoms with E-state index in [0.717, 1.165) is 17.7 Å². The minimum Gasteiger partial charge on any atom is -0.497 e. The van der Waals surface area contributed by atoms with Crippen molar-refractivity contribution in [3.8, 4) is 5.75 Å². The lowest BCUT2D eigenvalue weighted by atomic mass is 10.1. The molecule has 27 heavy (non-hydrogen) atoms. The first-order valence-corrected chi connectivity index (χ1v) is 8.60. The van der Waals surface area contributed by atoms with Crippen LogP contribution in [0.5, 0.6) is 5.75 Å². The summed E-state index contributed by atoms with van der Waals surface area (Å²) in [5, 5.41) is 6.04. The van der Waals surface area contributed by atoms with Crippen LogP contribution in [0.3, 0.4) is 0 Å². The summed E-state index contributed by atoms with van der Waals surface area (Å²) < 4.78 is 5.15. The van der Waals surface area contributed by atoms with Crippen LogP contribution >= 0.6 is 0 Å². The highest BCUT2D eigenvalue weighted by atomic mass is 16.5. The molecule has 3 rings (SSSR count). The van der Waals surface area contributed by atoms with E-state index in [1.807, 2.05) is 36.4 Å². The Kier molecular flexibility index (Phi) is 6.30. The van der Waals surface area contributed by atoms with E-state index >= 15 is 0 Å². The lowest BCUT2D eigenvalue weighted by molar-refractivity contribution is 0.0945. The number of hydrogen-bond acceptors (Lipinski definition) is 6. The summed E-state index contributed by atoms with van der Waals surface area (Å²) in [6.45, 7) is 1.09. The Morgan fingerprint density at radius 1 is 1.11 bits per heavy atom. The molecule has 2 N–H and O–H groups in total. The fourth-order valence-corrected chi connectivity index (χ4v) is 2.48. The summed E-state index contributed by atoms with van der Waals surface area (Å²) in [6, 6.07) is 13.3. The number of hydrogen-bond donors (Lipinski definition) is 2. The van der Waals surface area contributed by atoms with E-state index in [2.05, 4.69) is 25.6 Å². The summed E-state index contributed by atoms with van der Waals surface area (Å²) in [5.41, 5.74) is 2.44. The smallest absolute Gasteiger partial charge is 0.270 e. The second kappa shape index (κ2) is 9.28. The summed E-state index contributed by atoms with van der Waals surface area (Å²) in [6.07, 6.45) is 5.62. The molecule has 0 fully saturated rings. The van der Waals surface area contributed by atoms with Gasteiger partial charge in [0.2, 0.25) is 0 Å². The maximum atomic E-state index is 12.3. The van der Waals surface area contributed by atoms with Gasteiger partial charge in [-0.25, -0.2) is 9.97 Å². The number of benzene rings is 1. The third-order valence-electron chi connectivity index (χ3n) is 3.95. The van der Waals surface area contributed by atoms with Gasteiger partial charge in [-0.2, -0.15) is 0 Å². The summed E-state index contributed by atoms with van der Waals surface area (Å²) in [7, 11) is 1.65. The average Bonchev–Trinajstić information content (AvgIpc) is 2.73. The third kappa shape index (κ3) is 5.50. The molecule has 0 aliphatic heterocycles. The second-order valence-electron chi connectivity index (χ2n) is 5.86. The first-order chi connectivity index (χ1) is 13.2. The molecule has 3 aromatic rings. The van der Waals surface area contributed by atoms with Crippen LogP contribution in [0.1, 0.15) is 21.6 Å². The lowest BCUT2D eigenvalue weighted by Crippen LogP contribution is -2.24. The number of pyridine rings is 1. The standard InChI is InChI=1S/C20H21N5O2/c1-27-17-6-4-15(5-7-17)8-10-22-19-11-18(24-14-25-19)20(26)23-13-16-3-2-9-21-12-16/h2-7,9,11-12,14H,8,10,13H2,1H3,(H,23,26)(H,22,24,25). The molecule has 7 heteroatoms. The van der Waals surface area contributed by atoms with Crippen LogP contribution in [-0.4, -0.2) is 34.5 Å². The fraction of sp³-hybridized carbons (Fsp3) is 0.200. The molecule has 2 heterocycles. The van der Waals surface area contributed by atoms with Crippen LogP contribution in [0.25, 0.3) is 0 Å². The van der Waals surface area contributed by atoms with Crippen molar-refractivity contribution < 1.29 is 9.53 Å². The Bertz CT molecular complexity index is 869. The summed E-state index contributed by atoms with van der Waals surface area (Å²) >= 11 is 0. The van der Waals surface area contributed by atoms with E-state index < -0.39 is 0 Å². The number of amides is 1. The predicted octanol–water partition coefficient (Wildman–Crippen LogP) is 2.46. The fourth-order valence-electron chi connectivity index (χ4n) is 2.48. The Balaban J connectivity index is 1.51. The predicted molar refractivity (Wildman–Crippen MR) is 103 cm³/mol. The molecule has 0 aliphatic rings. The zero-order valence-corrected chi connectivity index (χ0v) is 15.1. The van der Waals surface area contributed by atoms with E-state index in [9.17, 15) is 4.79 Å². The number of ether oxygens (including phenoxy) is 1. The minimum absolute atomic E-state index is 0.251. The molecule has 0 unspecified atom stereocenters. The largest absolute Gasteiger partial charge is 0.497 e. The molecule has 0 saturated carbocycles. The highest BCUT2D eigenvalue weighted by Gasteiger charge is 2.08. The van der Waals surface area contributed by atoms with Crippen LogP contribution in [0.4, 0.5) is 5.82 Å². The number of carbonyl (C=O) groups excluding carboxylic acids is 1. The molecule has 2 aromatic heterocycles. The van der Waals surface area contributed by atoms with Crippen molar-refractivity contribution in [1.29, 1.82) is 0 Å². The molecular formula is C20H21N5O2. The number of anilines is 1. The van der Waals surface area contributed by atoms with E-state index in [4.69, 9.17) is 4.74 Å². The van der Waals surface area contributed by atoms with Gasteiger partial charge >= 0.3 is 0 Å². The van der Waals surface area contributed by atoms with Gasteiger partial charge in [-0.3, -0.25) is 9.78 Å². The van der Waals surface area contributed by atoms with Crippen molar-refractivity contribution >= 4 is 11.7 Å². The van der Waals surface area contributed by atoms with Crippen LogP contribution in [0.15, 0.2) is 61.2 Å². The molecule has 0 spiro atoms. The van der Waals surface area contributed by atoms with Crippen LogP contribution < -0.4 is 15.4 Å². The van der Waals surface area contributed by atoms with Crippen LogP contribution in [-0.2, 0) is 13.0 Å². The Labute approximate surface area is 157 Å². The van der Waals surface area contributed by atoms with Gasteiger partial charge in [0.05, 0.1) is 7.11 Å². The molecule has 1 aromatic carbocycles. The Hall–Kier alpha value is -3.48. The van der Waals surface area contributed by atoms with Gasteiger partial charge in [0, 0.05) is 31.5 Å². The molecule has 138 valence electrons. The zero-order chi connectivity index (χ0) is 18.9. The average molecular weight is 363 g/mol. The highest BCUT2D eigenvalue weighted by Crippen LogP contribution is 2.12. The molecule has 7 nitrogen and oxygen atoms in total. The number of carbonyl (C=O) groups is 1. The van der Waals surface area contributed by atoms with Crippen molar-refractivity contribution in [2.45, 2.75) is 13.0 Å². The molecule has 0 saturated heterocycles. The lowest BCUT2D eigenvalue weighted by Gasteiger charge is -2.08. The number of methoxy groups -OCH3 is 1.